The van der Waals surface area contributed by atoms with Gasteiger partial charge in [-0.15, -0.1) is 0 Å². The number of anilines is 1. The van der Waals surface area contributed by atoms with Crippen LogP contribution in [0.4, 0.5) is 5.69 Å². The Hall–Kier alpha value is -1.84. The highest BCUT2D eigenvalue weighted by Gasteiger charge is 2.27. The number of likely N-dealkylation sites (N-methyl/N-ethyl adjacent to an activating group) is 1. The number of hydrogen-bond donors (Lipinski definition) is 1. The van der Waals surface area contributed by atoms with Crippen LogP contribution in [0, 0.1) is 6.92 Å². The van der Waals surface area contributed by atoms with Gasteiger partial charge in [0.1, 0.15) is 0 Å². The van der Waals surface area contributed by atoms with Crippen LogP contribution in [0.3, 0.4) is 0 Å². The average molecular weight is 302 g/mol. The SMILES string of the molecule is CCc1cccc(C)c1NC(=O)C(=O)N(C)C1CCCCC1. The number of hydrogen-bond acceptors (Lipinski definition) is 2. The molecular formula is C18H26N2O2. The number of benzene rings is 1. The van der Waals surface area contributed by atoms with Crippen molar-refractivity contribution in [1.82, 2.24) is 4.90 Å². The highest BCUT2D eigenvalue weighted by Crippen LogP contribution is 2.23. The highest BCUT2D eigenvalue weighted by molar-refractivity contribution is 6.39. The molecule has 1 aromatic rings. The number of aryl methyl sites for hydroxylation is 2. The molecule has 0 radical (unpaired) electrons. The van der Waals surface area contributed by atoms with Crippen molar-refractivity contribution in [2.24, 2.45) is 0 Å². The fourth-order valence-electron chi connectivity index (χ4n) is 3.16. The second-order valence-corrected chi connectivity index (χ2v) is 6.12. The summed E-state index contributed by atoms with van der Waals surface area (Å²) < 4.78 is 0. The van der Waals surface area contributed by atoms with Crippen molar-refractivity contribution >= 4 is 17.5 Å². The van der Waals surface area contributed by atoms with Crippen molar-refractivity contribution in [2.75, 3.05) is 12.4 Å². The minimum absolute atomic E-state index is 0.203. The smallest absolute Gasteiger partial charge is 0.313 e. The molecule has 0 bridgehead atoms. The van der Waals surface area contributed by atoms with E-state index in [1.807, 2.05) is 32.0 Å². The molecule has 1 aliphatic carbocycles. The summed E-state index contributed by atoms with van der Waals surface area (Å²) in [5.41, 5.74) is 2.82. The van der Waals surface area contributed by atoms with E-state index in [4.69, 9.17) is 0 Å². The molecule has 0 aliphatic heterocycles. The van der Waals surface area contributed by atoms with E-state index in [1.165, 1.54) is 6.42 Å². The van der Waals surface area contributed by atoms with E-state index in [0.717, 1.165) is 48.9 Å². The molecule has 1 aromatic carbocycles. The van der Waals surface area contributed by atoms with Crippen LogP contribution >= 0.6 is 0 Å². The fourth-order valence-corrected chi connectivity index (χ4v) is 3.16. The molecule has 4 nitrogen and oxygen atoms in total. The third-order valence-corrected chi connectivity index (χ3v) is 4.62. The Balaban J connectivity index is 2.07. The zero-order valence-electron chi connectivity index (χ0n) is 13.8. The molecule has 1 saturated carbocycles. The molecule has 0 unspecified atom stereocenters. The molecular weight excluding hydrogens is 276 g/mol. The van der Waals surface area contributed by atoms with E-state index in [9.17, 15) is 9.59 Å². The summed E-state index contributed by atoms with van der Waals surface area (Å²) in [6, 6.07) is 6.11. The Kier molecular flexibility index (Phi) is 5.58. The van der Waals surface area contributed by atoms with E-state index < -0.39 is 11.8 Å². The minimum atomic E-state index is -0.530. The van der Waals surface area contributed by atoms with E-state index in [-0.39, 0.29) is 6.04 Å². The maximum Gasteiger partial charge on any atom is 0.313 e. The first-order valence-corrected chi connectivity index (χ1v) is 8.21. The van der Waals surface area contributed by atoms with Crippen LogP contribution in [0.2, 0.25) is 0 Å². The summed E-state index contributed by atoms with van der Waals surface area (Å²) in [6.07, 6.45) is 6.33. The van der Waals surface area contributed by atoms with Gasteiger partial charge in [0.05, 0.1) is 0 Å². The average Bonchev–Trinajstić information content (AvgIpc) is 2.56. The van der Waals surface area contributed by atoms with Gasteiger partial charge in [0, 0.05) is 18.8 Å². The lowest BCUT2D eigenvalue weighted by atomic mass is 9.94. The Morgan fingerprint density at radius 3 is 2.55 bits per heavy atom. The predicted octanol–water partition coefficient (Wildman–Crippen LogP) is 3.29. The summed E-state index contributed by atoms with van der Waals surface area (Å²) in [7, 11) is 1.75. The lowest BCUT2D eigenvalue weighted by Crippen LogP contribution is -2.44. The molecule has 0 heterocycles. The van der Waals surface area contributed by atoms with Gasteiger partial charge >= 0.3 is 11.8 Å². The van der Waals surface area contributed by atoms with Crippen molar-refractivity contribution in [3.63, 3.8) is 0 Å². The van der Waals surface area contributed by atoms with Crippen LogP contribution < -0.4 is 5.32 Å². The normalized spacial score (nSPS) is 15.4. The maximum absolute atomic E-state index is 12.4. The van der Waals surface area contributed by atoms with E-state index in [2.05, 4.69) is 5.32 Å². The predicted molar refractivity (Wildman–Crippen MR) is 88.8 cm³/mol. The van der Waals surface area contributed by atoms with Gasteiger partial charge in [-0.05, 0) is 37.3 Å². The Labute approximate surface area is 132 Å². The molecule has 2 rings (SSSR count). The fraction of sp³-hybridized carbons (Fsp3) is 0.556. The number of nitrogens with one attached hydrogen (secondary N) is 1. The molecule has 0 spiro atoms. The molecule has 2 amide bonds. The van der Waals surface area contributed by atoms with Crippen molar-refractivity contribution < 1.29 is 9.59 Å². The molecule has 1 N–H and O–H groups in total. The Bertz CT molecular complexity index is 548. The topological polar surface area (TPSA) is 49.4 Å². The Morgan fingerprint density at radius 2 is 1.91 bits per heavy atom. The van der Waals surface area contributed by atoms with Crippen LogP contribution in [0.15, 0.2) is 18.2 Å². The van der Waals surface area contributed by atoms with Gasteiger partial charge in [0.25, 0.3) is 0 Å². The quantitative estimate of drug-likeness (QED) is 0.871. The second-order valence-electron chi connectivity index (χ2n) is 6.12. The first-order chi connectivity index (χ1) is 10.5. The van der Waals surface area contributed by atoms with Gasteiger partial charge in [-0.25, -0.2) is 0 Å². The van der Waals surface area contributed by atoms with Crippen molar-refractivity contribution in [2.45, 2.75) is 58.4 Å². The van der Waals surface area contributed by atoms with Gasteiger partial charge in [-0.2, -0.15) is 0 Å². The first-order valence-electron chi connectivity index (χ1n) is 8.21. The second kappa shape index (κ2) is 7.43. The molecule has 1 fully saturated rings. The summed E-state index contributed by atoms with van der Waals surface area (Å²) in [5.74, 6) is -0.964. The van der Waals surface area contributed by atoms with Gasteiger partial charge in [0.15, 0.2) is 0 Å². The number of rotatable bonds is 3. The highest BCUT2D eigenvalue weighted by atomic mass is 16.2. The maximum atomic E-state index is 12.4. The minimum Gasteiger partial charge on any atom is -0.335 e. The number of nitrogens with zero attached hydrogens (tertiary/aromatic N) is 1. The monoisotopic (exact) mass is 302 g/mol. The van der Waals surface area contributed by atoms with Crippen LogP contribution in [0.25, 0.3) is 0 Å². The van der Waals surface area contributed by atoms with Crippen LogP contribution in [-0.2, 0) is 16.0 Å². The van der Waals surface area contributed by atoms with Gasteiger partial charge in [-0.1, -0.05) is 44.4 Å². The number of carbonyl (C=O) groups excluding carboxylic acids is 2. The molecule has 0 saturated heterocycles. The third kappa shape index (κ3) is 3.67. The van der Waals surface area contributed by atoms with Crippen LogP contribution in [0.1, 0.15) is 50.2 Å². The van der Waals surface area contributed by atoms with E-state index >= 15 is 0 Å². The van der Waals surface area contributed by atoms with Gasteiger partial charge in [0.2, 0.25) is 0 Å². The molecule has 0 atom stereocenters. The summed E-state index contributed by atoms with van der Waals surface area (Å²) in [5, 5.41) is 2.82. The zero-order chi connectivity index (χ0) is 16.1. The van der Waals surface area contributed by atoms with Crippen molar-refractivity contribution in [3.8, 4) is 0 Å². The number of amides is 2. The molecule has 1 aliphatic rings. The molecule has 4 heteroatoms. The largest absolute Gasteiger partial charge is 0.335 e. The van der Waals surface area contributed by atoms with Gasteiger partial charge in [-0.3, -0.25) is 9.59 Å². The summed E-state index contributed by atoms with van der Waals surface area (Å²) in [6.45, 7) is 3.99. The standard InChI is InChI=1S/C18H26N2O2/c1-4-14-10-8-9-13(2)16(14)19-17(21)18(22)20(3)15-11-6-5-7-12-15/h8-10,15H,4-7,11-12H2,1-3H3,(H,19,21). The van der Waals surface area contributed by atoms with Gasteiger partial charge < -0.3 is 10.2 Å². The van der Waals surface area contributed by atoms with Crippen LogP contribution in [-0.4, -0.2) is 29.8 Å². The molecule has 0 aromatic heterocycles. The van der Waals surface area contributed by atoms with Crippen molar-refractivity contribution in [3.05, 3.63) is 29.3 Å². The molecule has 120 valence electrons. The number of para-hydroxylation sites is 1. The van der Waals surface area contributed by atoms with Crippen molar-refractivity contribution in [1.29, 1.82) is 0 Å². The third-order valence-electron chi connectivity index (χ3n) is 4.62. The lowest BCUT2D eigenvalue weighted by Gasteiger charge is -2.30. The summed E-state index contributed by atoms with van der Waals surface area (Å²) in [4.78, 5) is 26.3. The molecule has 22 heavy (non-hydrogen) atoms. The van der Waals surface area contributed by atoms with Crippen LogP contribution in [0.5, 0.6) is 0 Å². The first kappa shape index (κ1) is 16.5. The van der Waals surface area contributed by atoms with E-state index in [0.29, 0.717) is 0 Å². The number of carbonyl (C=O) groups is 2. The zero-order valence-corrected chi connectivity index (χ0v) is 13.8. The Morgan fingerprint density at radius 1 is 1.23 bits per heavy atom. The summed E-state index contributed by atoms with van der Waals surface area (Å²) >= 11 is 0. The van der Waals surface area contributed by atoms with E-state index in [1.54, 1.807) is 11.9 Å². The lowest BCUT2D eigenvalue weighted by molar-refractivity contribution is -0.144.